The SMILES string of the molecule is CCc1c(C)nc(-n2ccc(C(=O)O)n2)[nH]c1=O. The Bertz CT molecular complexity index is 657. The molecule has 0 aliphatic rings. The van der Waals surface area contributed by atoms with Crippen LogP contribution in [0.1, 0.15) is 28.7 Å². The molecule has 0 saturated heterocycles. The van der Waals surface area contributed by atoms with E-state index in [1.807, 2.05) is 6.92 Å². The second-order valence-electron chi connectivity index (χ2n) is 3.76. The molecule has 0 spiro atoms. The van der Waals surface area contributed by atoms with Gasteiger partial charge in [-0.25, -0.2) is 14.5 Å². The highest BCUT2D eigenvalue weighted by Crippen LogP contribution is 2.04. The number of aromatic nitrogens is 4. The summed E-state index contributed by atoms with van der Waals surface area (Å²) in [5.41, 5.74) is 0.898. The molecular weight excluding hydrogens is 236 g/mol. The Morgan fingerprint density at radius 2 is 2.28 bits per heavy atom. The zero-order valence-corrected chi connectivity index (χ0v) is 9.97. The first kappa shape index (κ1) is 12.0. The minimum Gasteiger partial charge on any atom is -0.476 e. The third-order valence-electron chi connectivity index (χ3n) is 2.59. The summed E-state index contributed by atoms with van der Waals surface area (Å²) in [7, 11) is 0. The molecule has 2 aromatic rings. The van der Waals surface area contributed by atoms with Crippen molar-refractivity contribution in [3.05, 3.63) is 39.6 Å². The van der Waals surface area contributed by atoms with Crippen LogP contribution in [0.3, 0.4) is 0 Å². The van der Waals surface area contributed by atoms with Crippen molar-refractivity contribution in [3.8, 4) is 5.95 Å². The van der Waals surface area contributed by atoms with Gasteiger partial charge in [-0.1, -0.05) is 6.92 Å². The topological polar surface area (TPSA) is 101 Å². The predicted molar refractivity (Wildman–Crippen MR) is 63.1 cm³/mol. The van der Waals surface area contributed by atoms with E-state index in [1.165, 1.54) is 16.9 Å². The number of H-pyrrole nitrogens is 1. The van der Waals surface area contributed by atoms with Gasteiger partial charge in [-0.3, -0.25) is 9.78 Å². The molecule has 2 rings (SSSR count). The molecule has 7 nitrogen and oxygen atoms in total. The van der Waals surface area contributed by atoms with E-state index < -0.39 is 5.97 Å². The minimum absolute atomic E-state index is 0.102. The predicted octanol–water partition coefficient (Wildman–Crippen LogP) is 0.525. The van der Waals surface area contributed by atoms with Crippen molar-refractivity contribution in [1.29, 1.82) is 0 Å². The summed E-state index contributed by atoms with van der Waals surface area (Å²) in [5.74, 6) is -0.916. The molecule has 0 saturated carbocycles. The van der Waals surface area contributed by atoms with Gasteiger partial charge in [-0.15, -0.1) is 0 Å². The van der Waals surface area contributed by atoms with Gasteiger partial charge < -0.3 is 5.11 Å². The lowest BCUT2D eigenvalue weighted by Gasteiger charge is -2.04. The van der Waals surface area contributed by atoms with Crippen molar-refractivity contribution in [2.45, 2.75) is 20.3 Å². The van der Waals surface area contributed by atoms with E-state index in [1.54, 1.807) is 6.92 Å². The summed E-state index contributed by atoms with van der Waals surface area (Å²) in [6, 6.07) is 1.34. The molecule has 0 aliphatic carbocycles. The van der Waals surface area contributed by atoms with Gasteiger partial charge in [0, 0.05) is 17.5 Å². The standard InChI is InChI=1S/C11H12N4O3/c1-3-7-6(2)12-11(13-9(7)16)15-5-4-8(14-15)10(17)18/h4-5H,3H2,1-2H3,(H,17,18)(H,12,13,16). The molecule has 2 aromatic heterocycles. The summed E-state index contributed by atoms with van der Waals surface area (Å²) in [6.45, 7) is 3.61. The summed E-state index contributed by atoms with van der Waals surface area (Å²) < 4.78 is 1.23. The second-order valence-corrected chi connectivity index (χ2v) is 3.76. The van der Waals surface area contributed by atoms with Crippen LogP contribution in [-0.4, -0.2) is 30.8 Å². The molecule has 0 aliphatic heterocycles. The lowest BCUT2D eigenvalue weighted by Crippen LogP contribution is -2.19. The summed E-state index contributed by atoms with van der Waals surface area (Å²) in [6.07, 6.45) is 2.03. The number of carboxylic acid groups (broad SMARTS) is 1. The fraction of sp³-hybridized carbons (Fsp3) is 0.273. The number of nitrogens with zero attached hydrogens (tertiary/aromatic N) is 3. The first-order valence-electron chi connectivity index (χ1n) is 5.42. The van der Waals surface area contributed by atoms with Crippen LogP contribution in [0.15, 0.2) is 17.1 Å². The number of aryl methyl sites for hydroxylation is 1. The molecule has 0 aromatic carbocycles. The average molecular weight is 248 g/mol. The molecule has 18 heavy (non-hydrogen) atoms. The van der Waals surface area contributed by atoms with Gasteiger partial charge in [-0.05, 0) is 19.4 Å². The lowest BCUT2D eigenvalue weighted by atomic mass is 10.2. The van der Waals surface area contributed by atoms with Crippen molar-refractivity contribution in [2.75, 3.05) is 0 Å². The van der Waals surface area contributed by atoms with E-state index in [4.69, 9.17) is 5.11 Å². The van der Waals surface area contributed by atoms with E-state index in [9.17, 15) is 9.59 Å². The van der Waals surface area contributed by atoms with Crippen molar-refractivity contribution >= 4 is 5.97 Å². The van der Waals surface area contributed by atoms with Crippen molar-refractivity contribution in [2.24, 2.45) is 0 Å². The number of hydrogen-bond acceptors (Lipinski definition) is 4. The number of carboxylic acids is 1. The smallest absolute Gasteiger partial charge is 0.356 e. The van der Waals surface area contributed by atoms with Crippen LogP contribution < -0.4 is 5.56 Å². The number of aromatic carboxylic acids is 1. The highest BCUT2D eigenvalue weighted by atomic mass is 16.4. The van der Waals surface area contributed by atoms with Crippen LogP contribution in [0.4, 0.5) is 0 Å². The molecule has 0 atom stereocenters. The number of nitrogens with one attached hydrogen (secondary N) is 1. The summed E-state index contributed by atoms with van der Waals surface area (Å²) in [5, 5.41) is 12.6. The largest absolute Gasteiger partial charge is 0.476 e. The third kappa shape index (κ3) is 2.02. The van der Waals surface area contributed by atoms with Gasteiger partial charge in [-0.2, -0.15) is 5.10 Å². The maximum absolute atomic E-state index is 11.8. The van der Waals surface area contributed by atoms with E-state index in [-0.39, 0.29) is 17.2 Å². The highest BCUT2D eigenvalue weighted by Gasteiger charge is 2.11. The van der Waals surface area contributed by atoms with E-state index >= 15 is 0 Å². The van der Waals surface area contributed by atoms with Gasteiger partial charge in [0.1, 0.15) is 0 Å². The van der Waals surface area contributed by atoms with Crippen LogP contribution in [0.2, 0.25) is 0 Å². The maximum atomic E-state index is 11.8. The molecule has 7 heteroatoms. The number of carbonyl (C=O) groups is 1. The fourth-order valence-corrected chi connectivity index (χ4v) is 1.68. The van der Waals surface area contributed by atoms with Crippen LogP contribution >= 0.6 is 0 Å². The Kier molecular flexibility index (Phi) is 2.97. The summed E-state index contributed by atoms with van der Waals surface area (Å²) >= 11 is 0. The van der Waals surface area contributed by atoms with E-state index in [2.05, 4.69) is 15.1 Å². The van der Waals surface area contributed by atoms with Crippen LogP contribution in [0.25, 0.3) is 5.95 Å². The number of aromatic amines is 1. The molecule has 0 fully saturated rings. The molecule has 94 valence electrons. The van der Waals surface area contributed by atoms with Crippen molar-refractivity contribution < 1.29 is 9.90 Å². The molecule has 0 bridgehead atoms. The lowest BCUT2D eigenvalue weighted by molar-refractivity contribution is 0.0690. The number of rotatable bonds is 3. The van der Waals surface area contributed by atoms with E-state index in [0.717, 1.165) is 0 Å². The molecule has 2 heterocycles. The van der Waals surface area contributed by atoms with Gasteiger partial charge >= 0.3 is 5.97 Å². The Hall–Kier alpha value is -2.44. The van der Waals surface area contributed by atoms with Gasteiger partial charge in [0.05, 0.1) is 0 Å². The van der Waals surface area contributed by atoms with Crippen LogP contribution in [0, 0.1) is 6.92 Å². The molecule has 0 unspecified atom stereocenters. The average Bonchev–Trinajstić information content (AvgIpc) is 2.77. The first-order valence-corrected chi connectivity index (χ1v) is 5.42. The van der Waals surface area contributed by atoms with Gasteiger partial charge in [0.25, 0.3) is 5.56 Å². The Balaban J connectivity index is 2.51. The third-order valence-corrected chi connectivity index (χ3v) is 2.59. The molecule has 0 radical (unpaired) electrons. The van der Waals surface area contributed by atoms with E-state index in [0.29, 0.717) is 17.7 Å². The Morgan fingerprint density at radius 3 is 2.78 bits per heavy atom. The number of hydrogen-bond donors (Lipinski definition) is 2. The van der Waals surface area contributed by atoms with Gasteiger partial charge in [0.2, 0.25) is 5.95 Å². The Morgan fingerprint density at radius 1 is 1.56 bits per heavy atom. The zero-order chi connectivity index (χ0) is 13.3. The first-order chi connectivity index (χ1) is 8.52. The fourth-order valence-electron chi connectivity index (χ4n) is 1.68. The monoisotopic (exact) mass is 248 g/mol. The normalized spacial score (nSPS) is 10.6. The van der Waals surface area contributed by atoms with Crippen LogP contribution in [-0.2, 0) is 6.42 Å². The quantitative estimate of drug-likeness (QED) is 0.824. The van der Waals surface area contributed by atoms with Gasteiger partial charge in [0.15, 0.2) is 5.69 Å². The minimum atomic E-state index is -1.13. The second kappa shape index (κ2) is 4.44. The van der Waals surface area contributed by atoms with Crippen LogP contribution in [0.5, 0.6) is 0 Å². The molecular formula is C11H12N4O3. The highest BCUT2D eigenvalue weighted by molar-refractivity contribution is 5.85. The summed E-state index contributed by atoms with van der Waals surface area (Å²) in [4.78, 5) is 29.2. The molecule has 0 amide bonds. The van der Waals surface area contributed by atoms with Crippen molar-refractivity contribution in [3.63, 3.8) is 0 Å². The maximum Gasteiger partial charge on any atom is 0.356 e. The van der Waals surface area contributed by atoms with Crippen molar-refractivity contribution in [1.82, 2.24) is 19.7 Å². The molecule has 2 N–H and O–H groups in total. The zero-order valence-electron chi connectivity index (χ0n) is 9.97. The Labute approximate surface area is 102 Å².